The maximum absolute atomic E-state index is 14.2. The summed E-state index contributed by atoms with van der Waals surface area (Å²) in [5.74, 6) is -1.22. The Morgan fingerprint density at radius 3 is 2.24 bits per heavy atom. The van der Waals surface area contributed by atoms with Crippen LogP contribution in [0.4, 0.5) is 10.1 Å². The van der Waals surface area contributed by atoms with Crippen LogP contribution in [0.25, 0.3) is 0 Å². The molecule has 2 amide bonds. The van der Waals surface area contributed by atoms with Gasteiger partial charge in [-0.2, -0.15) is 0 Å². The smallest absolute Gasteiger partial charge is 0.244 e. The lowest BCUT2D eigenvalue weighted by Gasteiger charge is -2.34. The second-order valence-corrected chi connectivity index (χ2v) is 12.8. The zero-order valence-electron chi connectivity index (χ0n) is 23.8. The van der Waals surface area contributed by atoms with E-state index in [4.69, 9.17) is 0 Å². The maximum atomic E-state index is 14.2. The van der Waals surface area contributed by atoms with Crippen molar-refractivity contribution in [3.8, 4) is 0 Å². The second kappa shape index (κ2) is 13.3. The van der Waals surface area contributed by atoms with Crippen LogP contribution in [0.1, 0.15) is 47.9 Å². The number of halogens is 1. The average Bonchev–Trinajstić information content (AvgIpc) is 3.44. The molecular weight excluding hydrogens is 541 g/mol. The van der Waals surface area contributed by atoms with Gasteiger partial charge < -0.3 is 10.2 Å². The quantitative estimate of drug-likeness (QED) is 0.350. The van der Waals surface area contributed by atoms with Gasteiger partial charge in [0, 0.05) is 19.0 Å². The molecule has 0 bridgehead atoms. The monoisotopic (exact) mass is 579 g/mol. The molecule has 1 aliphatic carbocycles. The van der Waals surface area contributed by atoms with Gasteiger partial charge in [0.05, 0.1) is 11.9 Å². The molecule has 1 atom stereocenters. The number of anilines is 1. The van der Waals surface area contributed by atoms with Crippen molar-refractivity contribution in [2.24, 2.45) is 0 Å². The number of carbonyl (C=O) groups excluding carboxylic acids is 2. The van der Waals surface area contributed by atoms with E-state index in [0.29, 0.717) is 16.8 Å². The molecule has 0 radical (unpaired) electrons. The molecule has 1 saturated carbocycles. The van der Waals surface area contributed by atoms with Crippen molar-refractivity contribution >= 4 is 27.5 Å². The third-order valence-corrected chi connectivity index (χ3v) is 8.68. The molecular formula is C32H38FN3O4S. The number of amides is 2. The number of hydrogen-bond acceptors (Lipinski definition) is 4. The van der Waals surface area contributed by atoms with Crippen LogP contribution in [0.15, 0.2) is 72.8 Å². The van der Waals surface area contributed by atoms with Crippen molar-refractivity contribution in [3.63, 3.8) is 0 Å². The van der Waals surface area contributed by atoms with E-state index < -0.39 is 34.3 Å². The topological polar surface area (TPSA) is 86.8 Å². The SMILES string of the molecule is Cc1ccc(C)c(N(CC(=O)N(Cc2ccc(F)cc2)[C@H](Cc2ccccc2)C(=O)NC2CCCC2)S(C)(=O)=O)c1. The summed E-state index contributed by atoms with van der Waals surface area (Å²) in [6.45, 7) is 3.18. The Morgan fingerprint density at radius 1 is 0.951 bits per heavy atom. The van der Waals surface area contributed by atoms with E-state index in [1.807, 2.05) is 49.4 Å². The molecule has 1 aliphatic rings. The molecule has 1 N–H and O–H groups in total. The van der Waals surface area contributed by atoms with Crippen LogP contribution < -0.4 is 9.62 Å². The number of nitrogens with zero attached hydrogens (tertiary/aromatic N) is 2. The van der Waals surface area contributed by atoms with Crippen LogP contribution in [0, 0.1) is 19.7 Å². The standard InChI is InChI=1S/C32H38FN3O4S/c1-23-13-14-24(2)29(19-23)36(41(3,39)40)22-31(37)35(21-26-15-17-27(33)18-16-26)30(20-25-9-5-4-6-10-25)32(38)34-28-11-7-8-12-28/h4-6,9-10,13-19,28,30H,7-8,11-12,20-22H2,1-3H3,(H,34,38)/t30-/m1/s1. The maximum Gasteiger partial charge on any atom is 0.244 e. The van der Waals surface area contributed by atoms with Crippen molar-refractivity contribution < 1.29 is 22.4 Å². The van der Waals surface area contributed by atoms with Gasteiger partial charge in [-0.15, -0.1) is 0 Å². The number of aryl methyl sites for hydroxylation is 2. The van der Waals surface area contributed by atoms with Crippen molar-refractivity contribution in [3.05, 3.63) is 101 Å². The predicted octanol–water partition coefficient (Wildman–Crippen LogP) is 4.91. The normalized spacial score (nSPS) is 14.4. The summed E-state index contributed by atoms with van der Waals surface area (Å²) in [5.41, 5.74) is 3.47. The van der Waals surface area contributed by atoms with Crippen LogP contribution in [-0.2, 0) is 32.6 Å². The number of hydrogen-bond donors (Lipinski definition) is 1. The molecule has 0 heterocycles. The van der Waals surface area contributed by atoms with Gasteiger partial charge in [0.1, 0.15) is 18.4 Å². The van der Waals surface area contributed by atoms with E-state index in [0.717, 1.165) is 47.4 Å². The van der Waals surface area contributed by atoms with Crippen LogP contribution in [-0.4, -0.2) is 50.0 Å². The Hall–Kier alpha value is -3.72. The minimum atomic E-state index is -3.85. The molecule has 41 heavy (non-hydrogen) atoms. The molecule has 3 aromatic carbocycles. The summed E-state index contributed by atoms with van der Waals surface area (Å²) in [6, 6.07) is 19.7. The van der Waals surface area contributed by atoms with E-state index in [1.54, 1.807) is 25.1 Å². The summed E-state index contributed by atoms with van der Waals surface area (Å²) in [5, 5.41) is 3.14. The highest BCUT2D eigenvalue weighted by atomic mass is 32.2. The van der Waals surface area contributed by atoms with Gasteiger partial charge >= 0.3 is 0 Å². The fourth-order valence-electron chi connectivity index (χ4n) is 5.29. The number of benzene rings is 3. The number of nitrogens with one attached hydrogen (secondary N) is 1. The molecule has 0 spiro atoms. The molecule has 0 unspecified atom stereocenters. The summed E-state index contributed by atoms with van der Waals surface area (Å²) >= 11 is 0. The Bertz CT molecular complexity index is 1460. The largest absolute Gasteiger partial charge is 0.352 e. The van der Waals surface area contributed by atoms with E-state index in [2.05, 4.69) is 5.32 Å². The first-order valence-corrected chi connectivity index (χ1v) is 15.8. The molecule has 7 nitrogen and oxygen atoms in total. The molecule has 9 heteroatoms. The van der Waals surface area contributed by atoms with E-state index in [9.17, 15) is 22.4 Å². The third kappa shape index (κ3) is 8.16. The zero-order valence-corrected chi connectivity index (χ0v) is 24.7. The molecule has 4 rings (SSSR count). The van der Waals surface area contributed by atoms with Crippen LogP contribution in [0.3, 0.4) is 0 Å². The molecule has 0 saturated heterocycles. The van der Waals surface area contributed by atoms with Gasteiger partial charge in [-0.1, -0.05) is 67.4 Å². The fraction of sp³-hybridized carbons (Fsp3) is 0.375. The summed E-state index contributed by atoms with van der Waals surface area (Å²) in [4.78, 5) is 29.5. The highest BCUT2D eigenvalue weighted by molar-refractivity contribution is 7.92. The van der Waals surface area contributed by atoms with Crippen LogP contribution in [0.2, 0.25) is 0 Å². The minimum absolute atomic E-state index is 0.0130. The van der Waals surface area contributed by atoms with Crippen LogP contribution in [0.5, 0.6) is 0 Å². The first-order valence-electron chi connectivity index (χ1n) is 13.9. The van der Waals surface area contributed by atoms with Crippen molar-refractivity contribution in [1.29, 1.82) is 0 Å². The summed E-state index contributed by atoms with van der Waals surface area (Å²) < 4.78 is 40.8. The second-order valence-electron chi connectivity index (χ2n) is 10.9. The molecule has 3 aromatic rings. The first-order chi connectivity index (χ1) is 19.5. The summed E-state index contributed by atoms with van der Waals surface area (Å²) in [6.07, 6.45) is 5.14. The van der Waals surface area contributed by atoms with Gasteiger partial charge in [-0.25, -0.2) is 12.8 Å². The Labute approximate surface area is 242 Å². The first kappa shape index (κ1) is 30.2. The van der Waals surface area contributed by atoms with Gasteiger partial charge in [0.15, 0.2) is 0 Å². The highest BCUT2D eigenvalue weighted by Crippen LogP contribution is 2.25. The minimum Gasteiger partial charge on any atom is -0.352 e. The van der Waals surface area contributed by atoms with Gasteiger partial charge in [0.25, 0.3) is 0 Å². The van der Waals surface area contributed by atoms with Crippen molar-refractivity contribution in [2.75, 3.05) is 17.1 Å². The number of carbonyl (C=O) groups is 2. The lowest BCUT2D eigenvalue weighted by atomic mass is 10.0. The van der Waals surface area contributed by atoms with Gasteiger partial charge in [-0.3, -0.25) is 13.9 Å². The molecule has 0 aromatic heterocycles. The lowest BCUT2D eigenvalue weighted by molar-refractivity contribution is -0.140. The molecule has 218 valence electrons. The van der Waals surface area contributed by atoms with Gasteiger partial charge in [-0.05, 0) is 67.1 Å². The Kier molecular flexibility index (Phi) is 9.81. The predicted molar refractivity (Wildman–Crippen MR) is 159 cm³/mol. The summed E-state index contributed by atoms with van der Waals surface area (Å²) in [7, 11) is -3.85. The Balaban J connectivity index is 1.74. The highest BCUT2D eigenvalue weighted by Gasteiger charge is 2.34. The zero-order chi connectivity index (χ0) is 29.6. The number of sulfonamides is 1. The number of rotatable bonds is 11. The molecule has 1 fully saturated rings. The van der Waals surface area contributed by atoms with Crippen LogP contribution >= 0.6 is 0 Å². The van der Waals surface area contributed by atoms with Gasteiger partial charge in [0.2, 0.25) is 21.8 Å². The third-order valence-electron chi connectivity index (χ3n) is 7.55. The van der Waals surface area contributed by atoms with E-state index in [1.165, 1.54) is 17.0 Å². The lowest BCUT2D eigenvalue weighted by Crippen LogP contribution is -2.54. The fourth-order valence-corrected chi connectivity index (χ4v) is 6.19. The van der Waals surface area contributed by atoms with E-state index >= 15 is 0 Å². The average molecular weight is 580 g/mol. The van der Waals surface area contributed by atoms with Crippen molar-refractivity contribution in [1.82, 2.24) is 10.2 Å². The van der Waals surface area contributed by atoms with Crippen molar-refractivity contribution in [2.45, 2.75) is 64.6 Å². The molecule has 0 aliphatic heterocycles. The van der Waals surface area contributed by atoms with E-state index in [-0.39, 0.29) is 24.9 Å². The Morgan fingerprint density at radius 2 is 1.61 bits per heavy atom.